The Balaban J connectivity index is 2.20. The van der Waals surface area contributed by atoms with Crippen LogP contribution in [0.3, 0.4) is 0 Å². The SMILES string of the molecule is CCCNC(=O)n1c(O)c(C(=O)c2cnc(C)cn2)c2cc(Cl)ccc21. The van der Waals surface area contributed by atoms with Crippen LogP contribution in [-0.2, 0) is 0 Å². The minimum atomic E-state index is -0.538. The van der Waals surface area contributed by atoms with Crippen molar-refractivity contribution in [2.45, 2.75) is 20.3 Å². The molecule has 3 aromatic rings. The second-order valence-corrected chi connectivity index (χ2v) is 6.24. The number of nitrogens with one attached hydrogen (secondary N) is 1. The minimum absolute atomic E-state index is 0.0349. The van der Waals surface area contributed by atoms with Crippen molar-refractivity contribution in [3.63, 3.8) is 0 Å². The Bertz CT molecular complexity index is 996. The standard InChI is InChI=1S/C18H17ClN4O3/c1-3-6-20-18(26)23-14-5-4-11(19)7-12(14)15(17(23)25)16(24)13-9-21-10(2)8-22-13/h4-5,7-9,25H,3,6H2,1-2H3,(H,20,26). The summed E-state index contributed by atoms with van der Waals surface area (Å²) in [5, 5.41) is 14.1. The minimum Gasteiger partial charge on any atom is -0.494 e. The van der Waals surface area contributed by atoms with Gasteiger partial charge in [-0.1, -0.05) is 18.5 Å². The van der Waals surface area contributed by atoms with Crippen molar-refractivity contribution in [2.24, 2.45) is 0 Å². The van der Waals surface area contributed by atoms with Crippen LogP contribution in [0.5, 0.6) is 5.88 Å². The number of nitrogens with zero attached hydrogens (tertiary/aromatic N) is 3. The van der Waals surface area contributed by atoms with E-state index in [1.165, 1.54) is 18.5 Å². The third-order valence-electron chi connectivity index (χ3n) is 3.87. The first-order valence-corrected chi connectivity index (χ1v) is 8.46. The van der Waals surface area contributed by atoms with Crippen LogP contribution in [0.25, 0.3) is 10.9 Å². The summed E-state index contributed by atoms with van der Waals surface area (Å²) in [5.41, 5.74) is 1.07. The topological polar surface area (TPSA) is 97.1 Å². The Labute approximate surface area is 154 Å². The zero-order valence-corrected chi connectivity index (χ0v) is 15.0. The average Bonchev–Trinajstić information content (AvgIpc) is 2.90. The maximum Gasteiger partial charge on any atom is 0.328 e. The van der Waals surface area contributed by atoms with E-state index in [2.05, 4.69) is 15.3 Å². The lowest BCUT2D eigenvalue weighted by molar-refractivity contribution is 0.103. The van der Waals surface area contributed by atoms with Crippen molar-refractivity contribution in [3.05, 3.63) is 52.6 Å². The van der Waals surface area contributed by atoms with Gasteiger partial charge in [-0.2, -0.15) is 0 Å². The Hall–Kier alpha value is -2.93. The van der Waals surface area contributed by atoms with Crippen LogP contribution in [-0.4, -0.2) is 38.0 Å². The maximum atomic E-state index is 12.9. The van der Waals surface area contributed by atoms with Crippen LogP contribution >= 0.6 is 11.6 Å². The van der Waals surface area contributed by atoms with Crippen molar-refractivity contribution in [2.75, 3.05) is 6.54 Å². The zero-order chi connectivity index (χ0) is 18.8. The summed E-state index contributed by atoms with van der Waals surface area (Å²) in [6, 6.07) is 4.19. The van der Waals surface area contributed by atoms with E-state index in [1.807, 2.05) is 6.92 Å². The lowest BCUT2D eigenvalue weighted by Gasteiger charge is -2.07. The molecule has 134 valence electrons. The average molecular weight is 373 g/mol. The van der Waals surface area contributed by atoms with E-state index in [9.17, 15) is 14.7 Å². The van der Waals surface area contributed by atoms with E-state index in [1.54, 1.807) is 19.1 Å². The molecule has 2 heterocycles. The van der Waals surface area contributed by atoms with E-state index in [0.717, 1.165) is 11.0 Å². The third-order valence-corrected chi connectivity index (χ3v) is 4.11. The molecular weight excluding hydrogens is 356 g/mol. The summed E-state index contributed by atoms with van der Waals surface area (Å²) in [5.74, 6) is -0.993. The number of hydrogen-bond acceptors (Lipinski definition) is 5. The van der Waals surface area contributed by atoms with E-state index >= 15 is 0 Å². The van der Waals surface area contributed by atoms with Gasteiger partial charge in [0.1, 0.15) is 5.69 Å². The highest BCUT2D eigenvalue weighted by Crippen LogP contribution is 2.34. The Kier molecular flexibility index (Phi) is 4.90. The Morgan fingerprint density at radius 3 is 2.69 bits per heavy atom. The van der Waals surface area contributed by atoms with Crippen LogP contribution in [0.4, 0.5) is 4.79 Å². The monoisotopic (exact) mass is 372 g/mol. The first kappa shape index (κ1) is 17.9. The summed E-state index contributed by atoms with van der Waals surface area (Å²) in [6.07, 6.45) is 3.54. The van der Waals surface area contributed by atoms with Gasteiger partial charge in [0.25, 0.3) is 0 Å². The fraction of sp³-hybridized carbons (Fsp3) is 0.222. The number of halogens is 1. The van der Waals surface area contributed by atoms with Gasteiger partial charge in [0, 0.05) is 23.2 Å². The molecule has 1 amide bonds. The van der Waals surface area contributed by atoms with E-state index < -0.39 is 17.7 Å². The second-order valence-electron chi connectivity index (χ2n) is 5.80. The normalized spacial score (nSPS) is 10.9. The highest BCUT2D eigenvalue weighted by atomic mass is 35.5. The van der Waals surface area contributed by atoms with Crippen molar-refractivity contribution in [3.8, 4) is 5.88 Å². The predicted octanol–water partition coefficient (Wildman–Crippen LogP) is 3.30. The molecule has 26 heavy (non-hydrogen) atoms. The molecule has 1 aromatic carbocycles. The maximum absolute atomic E-state index is 12.9. The fourth-order valence-electron chi connectivity index (χ4n) is 2.63. The number of fused-ring (bicyclic) bond motifs is 1. The molecule has 0 spiro atoms. The molecule has 0 radical (unpaired) electrons. The van der Waals surface area contributed by atoms with Gasteiger partial charge in [0.2, 0.25) is 11.7 Å². The first-order valence-electron chi connectivity index (χ1n) is 8.08. The number of carbonyl (C=O) groups is 2. The van der Waals surface area contributed by atoms with Gasteiger partial charge in [-0.3, -0.25) is 9.78 Å². The quantitative estimate of drug-likeness (QED) is 0.685. The van der Waals surface area contributed by atoms with Gasteiger partial charge < -0.3 is 10.4 Å². The molecule has 2 aromatic heterocycles. The number of benzene rings is 1. The number of aromatic hydroxyl groups is 1. The number of ketones is 1. The van der Waals surface area contributed by atoms with Gasteiger partial charge in [0.05, 0.1) is 23.0 Å². The summed E-state index contributed by atoms with van der Waals surface area (Å²) in [6.45, 7) is 4.11. The van der Waals surface area contributed by atoms with Gasteiger partial charge in [0.15, 0.2) is 0 Å². The van der Waals surface area contributed by atoms with Gasteiger partial charge >= 0.3 is 6.03 Å². The summed E-state index contributed by atoms with van der Waals surface area (Å²) in [7, 11) is 0. The highest BCUT2D eigenvalue weighted by molar-refractivity contribution is 6.32. The number of amides is 1. The fourth-order valence-corrected chi connectivity index (χ4v) is 2.80. The van der Waals surface area contributed by atoms with Crippen LogP contribution in [0.2, 0.25) is 5.02 Å². The number of rotatable bonds is 4. The highest BCUT2D eigenvalue weighted by Gasteiger charge is 2.27. The summed E-state index contributed by atoms with van der Waals surface area (Å²) >= 11 is 6.06. The van der Waals surface area contributed by atoms with Gasteiger partial charge in [-0.25, -0.2) is 14.3 Å². The molecule has 0 fully saturated rings. The second kappa shape index (κ2) is 7.13. The van der Waals surface area contributed by atoms with Crippen molar-refractivity contribution in [1.29, 1.82) is 0 Å². The molecule has 0 saturated heterocycles. The molecule has 0 unspecified atom stereocenters. The molecule has 0 bridgehead atoms. The van der Waals surface area contributed by atoms with Crippen LogP contribution < -0.4 is 5.32 Å². The van der Waals surface area contributed by atoms with Gasteiger partial charge in [-0.15, -0.1) is 0 Å². The van der Waals surface area contributed by atoms with E-state index in [0.29, 0.717) is 28.2 Å². The number of carbonyl (C=O) groups excluding carboxylic acids is 2. The number of aromatic nitrogens is 3. The Morgan fingerprint density at radius 1 is 1.27 bits per heavy atom. The molecule has 0 aliphatic heterocycles. The largest absolute Gasteiger partial charge is 0.494 e. The zero-order valence-electron chi connectivity index (χ0n) is 14.3. The van der Waals surface area contributed by atoms with Crippen molar-refractivity contribution >= 4 is 34.3 Å². The van der Waals surface area contributed by atoms with Crippen LogP contribution in [0.1, 0.15) is 35.1 Å². The summed E-state index contributed by atoms with van der Waals surface area (Å²) < 4.78 is 1.07. The third kappa shape index (κ3) is 3.13. The van der Waals surface area contributed by atoms with E-state index in [4.69, 9.17) is 11.6 Å². The molecule has 0 aliphatic rings. The molecule has 7 nitrogen and oxygen atoms in total. The predicted molar refractivity (Wildman–Crippen MR) is 97.9 cm³/mol. The van der Waals surface area contributed by atoms with Crippen molar-refractivity contribution in [1.82, 2.24) is 19.9 Å². The molecule has 0 aliphatic carbocycles. The lowest BCUT2D eigenvalue weighted by atomic mass is 10.1. The lowest BCUT2D eigenvalue weighted by Crippen LogP contribution is -2.28. The van der Waals surface area contributed by atoms with Crippen molar-refractivity contribution < 1.29 is 14.7 Å². The molecule has 8 heteroatoms. The number of hydrogen-bond donors (Lipinski definition) is 2. The molecule has 3 rings (SSSR count). The number of aryl methyl sites for hydroxylation is 1. The molecule has 0 saturated carbocycles. The first-order chi connectivity index (χ1) is 12.4. The smallest absolute Gasteiger partial charge is 0.328 e. The van der Waals surface area contributed by atoms with Gasteiger partial charge in [-0.05, 0) is 31.5 Å². The van der Waals surface area contributed by atoms with Crippen LogP contribution in [0, 0.1) is 6.92 Å². The molecular formula is C18H17ClN4O3. The van der Waals surface area contributed by atoms with E-state index in [-0.39, 0.29) is 11.3 Å². The molecule has 2 N–H and O–H groups in total. The molecule has 0 atom stereocenters. The Morgan fingerprint density at radius 2 is 2.04 bits per heavy atom. The summed E-state index contributed by atoms with van der Waals surface area (Å²) in [4.78, 5) is 33.5. The van der Waals surface area contributed by atoms with Crippen LogP contribution in [0.15, 0.2) is 30.6 Å².